The number of nitrogens with zero attached hydrogens (tertiary/aromatic N) is 2. The summed E-state index contributed by atoms with van der Waals surface area (Å²) < 4.78 is 5.61. The summed E-state index contributed by atoms with van der Waals surface area (Å²) in [6, 6.07) is 6.29. The Kier molecular flexibility index (Phi) is 2.18. The van der Waals surface area contributed by atoms with Gasteiger partial charge >= 0.3 is 0 Å². The van der Waals surface area contributed by atoms with Crippen molar-refractivity contribution in [3.8, 4) is 11.3 Å². The molecule has 5 nitrogen and oxygen atoms in total. The third-order valence-corrected chi connectivity index (χ3v) is 2.81. The van der Waals surface area contributed by atoms with Crippen LogP contribution in [0, 0.1) is 10.1 Å². The quantitative estimate of drug-likeness (QED) is 0.600. The molecule has 0 amide bonds. The monoisotopic (exact) mass is 230 g/mol. The molecule has 86 valence electrons. The maximum atomic E-state index is 10.5. The van der Waals surface area contributed by atoms with Crippen molar-refractivity contribution in [2.45, 2.75) is 18.8 Å². The van der Waals surface area contributed by atoms with Gasteiger partial charge in [-0.05, 0) is 25.0 Å². The van der Waals surface area contributed by atoms with Crippen LogP contribution in [-0.4, -0.2) is 9.91 Å². The van der Waals surface area contributed by atoms with Crippen LogP contribution in [0.5, 0.6) is 0 Å². The third kappa shape index (κ3) is 1.91. The van der Waals surface area contributed by atoms with Gasteiger partial charge in [-0.15, -0.1) is 0 Å². The first-order chi connectivity index (χ1) is 8.24. The fourth-order valence-electron chi connectivity index (χ4n) is 1.69. The summed E-state index contributed by atoms with van der Waals surface area (Å²) in [4.78, 5) is 14.3. The largest absolute Gasteiger partial charge is 0.440 e. The van der Waals surface area contributed by atoms with Gasteiger partial charge in [-0.25, -0.2) is 4.98 Å². The van der Waals surface area contributed by atoms with E-state index < -0.39 is 4.92 Å². The number of nitro groups is 1. The second-order valence-electron chi connectivity index (χ2n) is 4.14. The topological polar surface area (TPSA) is 69.2 Å². The third-order valence-electron chi connectivity index (χ3n) is 2.81. The lowest BCUT2D eigenvalue weighted by Crippen LogP contribution is -1.86. The molecule has 1 heterocycles. The van der Waals surface area contributed by atoms with Crippen molar-refractivity contribution in [1.29, 1.82) is 0 Å². The first-order valence-corrected chi connectivity index (χ1v) is 5.44. The van der Waals surface area contributed by atoms with Crippen LogP contribution in [0.3, 0.4) is 0 Å². The van der Waals surface area contributed by atoms with Crippen LogP contribution in [0.1, 0.15) is 24.7 Å². The summed E-state index contributed by atoms with van der Waals surface area (Å²) in [5, 5.41) is 10.5. The van der Waals surface area contributed by atoms with Gasteiger partial charge in [0.05, 0.1) is 11.1 Å². The van der Waals surface area contributed by atoms with Gasteiger partial charge in [0.2, 0.25) is 0 Å². The van der Waals surface area contributed by atoms with E-state index in [1.807, 2.05) is 0 Å². The fraction of sp³-hybridized carbons (Fsp3) is 0.250. The van der Waals surface area contributed by atoms with Crippen LogP contribution in [0.15, 0.2) is 34.9 Å². The van der Waals surface area contributed by atoms with Gasteiger partial charge in [-0.1, -0.05) is 0 Å². The van der Waals surface area contributed by atoms with E-state index in [0.717, 1.165) is 24.3 Å². The summed E-state index contributed by atoms with van der Waals surface area (Å²) in [6.45, 7) is 0. The Balaban J connectivity index is 1.89. The smallest absolute Gasteiger partial charge is 0.269 e. The average Bonchev–Trinajstić information content (AvgIpc) is 3.07. The van der Waals surface area contributed by atoms with Crippen molar-refractivity contribution in [2.24, 2.45) is 0 Å². The summed E-state index contributed by atoms with van der Waals surface area (Å²) in [7, 11) is 0. The Hall–Kier alpha value is -2.17. The normalized spacial score (nSPS) is 14.8. The predicted molar refractivity (Wildman–Crippen MR) is 60.6 cm³/mol. The van der Waals surface area contributed by atoms with E-state index in [1.165, 1.54) is 12.1 Å². The highest BCUT2D eigenvalue weighted by atomic mass is 16.6. The number of rotatable bonds is 3. The standard InChI is InChI=1S/C12H10N2O3/c15-14(16)10-5-3-8(4-6-10)11-7-13-12(17-11)9-1-2-9/h3-7,9H,1-2H2. The second-order valence-corrected chi connectivity index (χ2v) is 4.14. The van der Waals surface area contributed by atoms with Gasteiger partial charge in [-0.3, -0.25) is 10.1 Å². The second kappa shape index (κ2) is 3.69. The molecule has 0 saturated heterocycles. The van der Waals surface area contributed by atoms with Crippen LogP contribution in [0.25, 0.3) is 11.3 Å². The van der Waals surface area contributed by atoms with Gasteiger partial charge in [0, 0.05) is 23.6 Å². The van der Waals surface area contributed by atoms with Crippen LogP contribution < -0.4 is 0 Å². The van der Waals surface area contributed by atoms with Crippen LogP contribution >= 0.6 is 0 Å². The number of hydrogen-bond donors (Lipinski definition) is 0. The zero-order valence-corrected chi connectivity index (χ0v) is 9.00. The lowest BCUT2D eigenvalue weighted by molar-refractivity contribution is -0.384. The molecule has 5 heteroatoms. The molecule has 0 N–H and O–H groups in total. The Morgan fingerprint density at radius 1 is 1.29 bits per heavy atom. The van der Waals surface area contributed by atoms with Gasteiger partial charge in [-0.2, -0.15) is 0 Å². The van der Waals surface area contributed by atoms with Gasteiger partial charge in [0.25, 0.3) is 5.69 Å². The molecule has 0 unspecified atom stereocenters. The highest BCUT2D eigenvalue weighted by Crippen LogP contribution is 2.40. The predicted octanol–water partition coefficient (Wildman–Crippen LogP) is 3.13. The van der Waals surface area contributed by atoms with Crippen molar-refractivity contribution in [3.05, 3.63) is 46.5 Å². The number of oxazole rings is 1. The molecule has 1 saturated carbocycles. The van der Waals surface area contributed by atoms with Crippen LogP contribution in [0.4, 0.5) is 5.69 Å². The molecule has 0 spiro atoms. The number of non-ortho nitro benzene ring substituents is 1. The van der Waals surface area contributed by atoms with E-state index in [4.69, 9.17) is 4.42 Å². The maximum absolute atomic E-state index is 10.5. The molecule has 1 aromatic carbocycles. The van der Waals surface area contributed by atoms with Gasteiger partial charge in [0.15, 0.2) is 11.7 Å². The van der Waals surface area contributed by atoms with E-state index in [2.05, 4.69) is 4.98 Å². The molecule has 2 aromatic rings. The van der Waals surface area contributed by atoms with Gasteiger partial charge < -0.3 is 4.42 Å². The number of hydrogen-bond acceptors (Lipinski definition) is 4. The molecule has 0 bridgehead atoms. The molecule has 1 fully saturated rings. The highest BCUT2D eigenvalue weighted by Gasteiger charge is 2.28. The van der Waals surface area contributed by atoms with Crippen molar-refractivity contribution in [3.63, 3.8) is 0 Å². The number of aromatic nitrogens is 1. The van der Waals surface area contributed by atoms with Crippen molar-refractivity contribution in [1.82, 2.24) is 4.98 Å². The Bertz CT molecular complexity index is 555. The van der Waals surface area contributed by atoms with Crippen molar-refractivity contribution in [2.75, 3.05) is 0 Å². The molecule has 0 aliphatic heterocycles. The molecule has 17 heavy (non-hydrogen) atoms. The van der Waals surface area contributed by atoms with E-state index >= 15 is 0 Å². The molecule has 1 aromatic heterocycles. The summed E-state index contributed by atoms with van der Waals surface area (Å²) in [5.74, 6) is 1.92. The van der Waals surface area contributed by atoms with Gasteiger partial charge in [0.1, 0.15) is 0 Å². The zero-order chi connectivity index (χ0) is 11.8. The number of nitro benzene ring substituents is 1. The molecule has 0 radical (unpaired) electrons. The maximum Gasteiger partial charge on any atom is 0.269 e. The first kappa shape index (κ1) is 10.0. The average molecular weight is 230 g/mol. The molecule has 1 aliphatic carbocycles. The van der Waals surface area contributed by atoms with Crippen LogP contribution in [-0.2, 0) is 0 Å². The molecule has 3 rings (SSSR count). The summed E-state index contributed by atoms with van der Waals surface area (Å²) >= 11 is 0. The number of benzene rings is 1. The zero-order valence-electron chi connectivity index (χ0n) is 9.00. The minimum atomic E-state index is -0.417. The van der Waals surface area contributed by atoms with Crippen molar-refractivity contribution < 1.29 is 9.34 Å². The van der Waals surface area contributed by atoms with E-state index in [0.29, 0.717) is 11.7 Å². The van der Waals surface area contributed by atoms with E-state index in [1.54, 1.807) is 18.3 Å². The van der Waals surface area contributed by atoms with E-state index in [-0.39, 0.29) is 5.69 Å². The van der Waals surface area contributed by atoms with Crippen molar-refractivity contribution >= 4 is 5.69 Å². The molecular formula is C12H10N2O3. The van der Waals surface area contributed by atoms with Crippen LogP contribution in [0.2, 0.25) is 0 Å². The lowest BCUT2D eigenvalue weighted by atomic mass is 10.2. The highest BCUT2D eigenvalue weighted by molar-refractivity contribution is 5.58. The lowest BCUT2D eigenvalue weighted by Gasteiger charge is -1.95. The minimum Gasteiger partial charge on any atom is -0.440 e. The Morgan fingerprint density at radius 3 is 2.59 bits per heavy atom. The Morgan fingerprint density at radius 2 is 2.00 bits per heavy atom. The first-order valence-electron chi connectivity index (χ1n) is 5.44. The van der Waals surface area contributed by atoms with E-state index in [9.17, 15) is 10.1 Å². The minimum absolute atomic E-state index is 0.0793. The molecule has 0 atom stereocenters. The summed E-state index contributed by atoms with van der Waals surface area (Å²) in [6.07, 6.45) is 3.95. The summed E-state index contributed by atoms with van der Waals surface area (Å²) in [5.41, 5.74) is 0.894. The molecule has 1 aliphatic rings. The molecular weight excluding hydrogens is 220 g/mol. The Labute approximate surface area is 97.2 Å². The SMILES string of the molecule is O=[N+]([O-])c1ccc(-c2cnc(C3CC3)o2)cc1. The fourth-order valence-corrected chi connectivity index (χ4v) is 1.69.